The number of fused-ring (bicyclic) bond motifs is 6. The van der Waals surface area contributed by atoms with Crippen molar-refractivity contribution < 1.29 is 57.2 Å². The predicted octanol–water partition coefficient (Wildman–Crippen LogP) is 28.9. The van der Waals surface area contributed by atoms with E-state index in [4.69, 9.17) is 23.7 Å². The molecule has 1 aliphatic heterocycles. The molecule has 1 saturated heterocycles. The lowest BCUT2D eigenvalue weighted by atomic mass is 9.44. The van der Waals surface area contributed by atoms with E-state index in [9.17, 15) is 33.6 Å². The van der Waals surface area contributed by atoms with Crippen LogP contribution in [0.15, 0.2) is 0 Å². The van der Waals surface area contributed by atoms with Gasteiger partial charge in [0, 0.05) is 23.8 Å². The van der Waals surface area contributed by atoms with Gasteiger partial charge in [0.1, 0.15) is 28.5 Å². The van der Waals surface area contributed by atoms with Crippen LogP contribution in [0.4, 0.5) is 0 Å². The summed E-state index contributed by atoms with van der Waals surface area (Å²) in [6, 6.07) is -0.0477. The average molecular weight is 1790 g/mol. The van der Waals surface area contributed by atoms with Crippen molar-refractivity contribution in [2.75, 3.05) is 0 Å². The Morgan fingerprint density at radius 2 is 0.853 bits per heavy atom. The second-order valence-electron chi connectivity index (χ2n) is 53.4. The number of likely N-dealkylation sites (tertiary alicyclic amines) is 1. The summed E-state index contributed by atoms with van der Waals surface area (Å²) in [6.45, 7) is 57.0. The molecule has 0 aromatic rings. The summed E-state index contributed by atoms with van der Waals surface area (Å²) < 4.78 is 31.5. The number of unbranched alkanes of at least 4 members (excludes halogenated alkanes) is 3. The molecule has 0 radical (unpaired) electrons. The molecule has 1 heterocycles. The third kappa shape index (κ3) is 18.5. The first-order valence-corrected chi connectivity index (χ1v) is 55.6. The van der Waals surface area contributed by atoms with Gasteiger partial charge in [0.25, 0.3) is 0 Å². The van der Waals surface area contributed by atoms with Crippen molar-refractivity contribution in [3.05, 3.63) is 0 Å². The number of carbonyl (C=O) groups excluding carboxylic acids is 7. The van der Waals surface area contributed by atoms with Gasteiger partial charge in [0.2, 0.25) is 11.8 Å². The van der Waals surface area contributed by atoms with Gasteiger partial charge in [-0.2, -0.15) is 0 Å². The largest absolute Gasteiger partial charge is 0.462 e. The lowest BCUT2D eigenvalue weighted by molar-refractivity contribution is -0.231. The zero-order valence-corrected chi connectivity index (χ0v) is 87.5. The molecule has 13 heteroatoms. The molecule has 21 aliphatic rings. The smallest absolute Gasteiger partial charge is 0.312 e. The van der Waals surface area contributed by atoms with Crippen LogP contribution < -0.4 is 0 Å². The molecule has 21 fully saturated rings. The lowest BCUT2D eigenvalue weighted by Gasteiger charge is -2.62. The molecule has 13 nitrogen and oxygen atoms in total. The molecule has 0 aromatic carbocycles. The first-order chi connectivity index (χ1) is 60.6. The van der Waals surface area contributed by atoms with Gasteiger partial charge >= 0.3 is 29.8 Å². The van der Waals surface area contributed by atoms with Crippen molar-refractivity contribution in [1.82, 2.24) is 4.90 Å². The van der Waals surface area contributed by atoms with Crippen molar-refractivity contribution in [1.29, 1.82) is 0 Å². The van der Waals surface area contributed by atoms with E-state index < -0.39 is 0 Å². The summed E-state index contributed by atoms with van der Waals surface area (Å²) in [4.78, 5) is 91.1. The van der Waals surface area contributed by atoms with Crippen molar-refractivity contribution >= 4 is 41.7 Å². The van der Waals surface area contributed by atoms with Crippen LogP contribution in [0.25, 0.3) is 0 Å². The van der Waals surface area contributed by atoms with Crippen LogP contribution in [0, 0.1) is 191 Å². The van der Waals surface area contributed by atoms with Crippen molar-refractivity contribution in [2.45, 2.75) is 497 Å². The van der Waals surface area contributed by atoms with E-state index in [1.807, 2.05) is 69.2 Å². The number of carbonyl (C=O) groups is 7. The topological polar surface area (TPSA) is 169 Å². The molecular formula is C116H193NO12. The molecule has 0 aromatic heterocycles. The number of amides is 2. The number of hydrogen-bond donors (Lipinski definition) is 0. The molecule has 14 bridgehead atoms. The zero-order chi connectivity index (χ0) is 93.9. The Morgan fingerprint density at radius 3 is 1.29 bits per heavy atom. The minimum absolute atomic E-state index is 0.000595. The van der Waals surface area contributed by atoms with Gasteiger partial charge in [-0.15, -0.1) is 0 Å². The number of hydrogen-bond acceptors (Lipinski definition) is 12. The third-order valence-corrected chi connectivity index (χ3v) is 44.7. The normalized spacial score (nSPS) is 43.9. The third-order valence-electron chi connectivity index (χ3n) is 44.7. The predicted molar refractivity (Wildman–Crippen MR) is 518 cm³/mol. The van der Waals surface area contributed by atoms with Gasteiger partial charge in [-0.05, 0) is 459 Å². The molecule has 21 rings (SSSR count). The van der Waals surface area contributed by atoms with E-state index >= 15 is 0 Å². The standard InChI is InChI=1S/C40H65NO4.C21H36O2.C19H32O2.2C18H30O2/c1-7-8-9-10-11-25(2)33-18-19-34-32-17-14-29-24-31(20-22-39(29,5)35(32)21-23-40(33,34)6)45-38(44)28-12-15-30(16-13-28)41-36(42)26(3)27(4)37(41)43;1-8-18(3,4)17(22)23-20(7)11-12-21-13-16(20)19(5,6)15(21)10-9-14(21)2;1-6-18(4,5)17(20)21-19(12(2)3)15-8-13-7-14(10-15)11-16(19)9-13;2*1-5-17(3,4)16(19)20-18(6-2)14-8-12-7-13(10-14)11-15(18)9-12/h25-35H,7-24H2,1-6H3;14-16H,8-13H2,1-7H3;12-16H,6-11H2,1-5H3;2*12-15H,5-11H2,1-4H3/t;14-,15?,16-,20-,21?;;;/m.1.../s1. The van der Waals surface area contributed by atoms with E-state index in [1.54, 1.807) is 0 Å². The molecule has 129 heavy (non-hydrogen) atoms. The quantitative estimate of drug-likeness (QED) is 0.0389. The highest BCUT2D eigenvalue weighted by Gasteiger charge is 2.71. The van der Waals surface area contributed by atoms with Crippen molar-refractivity contribution in [2.24, 2.45) is 191 Å². The Balaban J connectivity index is 0.000000137. The number of imide groups is 1. The highest BCUT2D eigenvalue weighted by atomic mass is 16.6. The first kappa shape index (κ1) is 101. The molecule has 1 spiro atoms. The second-order valence-corrected chi connectivity index (χ2v) is 53.4. The van der Waals surface area contributed by atoms with E-state index in [1.165, 1.54) is 204 Å². The first-order valence-electron chi connectivity index (χ1n) is 55.6. The maximum Gasteiger partial charge on any atom is 0.312 e. The summed E-state index contributed by atoms with van der Waals surface area (Å²) >= 11 is 0. The fraction of sp³-hybridized carbons (Fsp3) is 0.940. The maximum atomic E-state index is 13.4. The number of esters is 5. The Hall–Kier alpha value is -3.51. The minimum atomic E-state index is -0.371. The highest BCUT2D eigenvalue weighted by molar-refractivity contribution is 6.05. The van der Waals surface area contributed by atoms with Crippen molar-refractivity contribution in [3.8, 4) is 0 Å². The Morgan fingerprint density at radius 1 is 0.419 bits per heavy atom. The SMILES string of the molecule is CCC(C)(C)C(=O)OC1(C(C)C)C2CC3CC(C2)CC1C3.CCC(C)(C)C(=O)OC1(CC)C2CC3CC(C2)CC1C3.CCC(C)(C)C(=O)OC1(CC)C2CC3CC(C2)CC1C3.CCC(C)(C)C(=O)O[C@]1(C)CCC23C[C@@H]1C(C)(C)C2CC[C@H]3C.CCCCCCC(C)C1CCC2C3CCC4CC(OC(=O)C5CCC(N6C(=O)C(C)C(C)C6=O)CC5)CCC4(C)C3CCC12C. The highest BCUT2D eigenvalue weighted by Crippen LogP contribution is 2.75. The summed E-state index contributed by atoms with van der Waals surface area (Å²) in [5, 5.41) is 0. The van der Waals surface area contributed by atoms with Crippen LogP contribution in [0.3, 0.4) is 0 Å². The lowest BCUT2D eigenvalue weighted by Crippen LogP contribution is -2.63. The Kier molecular flexibility index (Phi) is 30.1. The van der Waals surface area contributed by atoms with Gasteiger partial charge in [-0.1, -0.05) is 150 Å². The zero-order valence-electron chi connectivity index (χ0n) is 87.5. The monoisotopic (exact) mass is 1790 g/mol. The van der Waals surface area contributed by atoms with Crippen LogP contribution >= 0.6 is 0 Å². The molecule has 734 valence electrons. The summed E-state index contributed by atoms with van der Waals surface area (Å²) in [5.74, 6) is 16.5. The molecule has 16 atom stereocenters. The number of rotatable bonds is 24. The Labute approximate surface area is 787 Å². The van der Waals surface area contributed by atoms with Crippen LogP contribution in [0.1, 0.15) is 463 Å². The molecule has 20 aliphatic carbocycles. The van der Waals surface area contributed by atoms with Crippen LogP contribution in [-0.2, 0) is 57.2 Å². The maximum absolute atomic E-state index is 13.4. The van der Waals surface area contributed by atoms with Gasteiger partial charge in [0.15, 0.2) is 0 Å². The Bertz CT molecular complexity index is 3740. The minimum Gasteiger partial charge on any atom is -0.462 e. The summed E-state index contributed by atoms with van der Waals surface area (Å²) in [7, 11) is 0. The molecule has 0 N–H and O–H groups in total. The molecule has 2 amide bonds. The fourth-order valence-corrected chi connectivity index (χ4v) is 35.1. The molecule has 13 unspecified atom stereocenters. The number of nitrogens with zero attached hydrogens (tertiary/aromatic N) is 1. The van der Waals surface area contributed by atoms with E-state index in [0.29, 0.717) is 69.5 Å². The fourth-order valence-electron chi connectivity index (χ4n) is 35.1. The van der Waals surface area contributed by atoms with E-state index in [2.05, 4.69) is 111 Å². The summed E-state index contributed by atoms with van der Waals surface area (Å²) in [6.07, 6.45) is 53.4. The van der Waals surface area contributed by atoms with Crippen LogP contribution in [0.2, 0.25) is 0 Å². The molecular weight excluding hydrogens is 1600 g/mol. The van der Waals surface area contributed by atoms with E-state index in [-0.39, 0.29) is 121 Å². The van der Waals surface area contributed by atoms with Gasteiger partial charge < -0.3 is 23.7 Å². The second kappa shape index (κ2) is 38.4. The van der Waals surface area contributed by atoms with Crippen LogP contribution in [0.5, 0.6) is 0 Å². The van der Waals surface area contributed by atoms with Gasteiger partial charge in [-0.25, -0.2) is 0 Å². The van der Waals surface area contributed by atoms with Crippen molar-refractivity contribution in [3.63, 3.8) is 0 Å². The number of ether oxygens (including phenoxy) is 5. The average Bonchev–Trinajstić information content (AvgIpc) is 1.53. The molecule has 20 saturated carbocycles. The summed E-state index contributed by atoms with van der Waals surface area (Å²) in [5.41, 5.74) is -0.335. The van der Waals surface area contributed by atoms with E-state index in [0.717, 1.165) is 160 Å². The van der Waals surface area contributed by atoms with Gasteiger partial charge in [0.05, 0.1) is 27.6 Å². The van der Waals surface area contributed by atoms with Gasteiger partial charge in [-0.3, -0.25) is 38.5 Å². The van der Waals surface area contributed by atoms with Crippen LogP contribution in [-0.4, -0.2) is 81.1 Å².